The fourth-order valence-electron chi connectivity index (χ4n) is 1.38. The summed E-state index contributed by atoms with van der Waals surface area (Å²) >= 11 is 3.27. The zero-order chi connectivity index (χ0) is 13.9. The number of carbonyl (C=O) groups is 1. The molecule has 0 aromatic heterocycles. The molecular weight excluding hydrogens is 299 g/mol. The minimum absolute atomic E-state index is 0.120. The van der Waals surface area contributed by atoms with Gasteiger partial charge in [-0.1, -0.05) is 29.8 Å². The SMILES string of the molecule is Cc1c(F)cc(C#N)cc1NC(=O)C(Br)C(C)C. The number of hydrogen-bond donors (Lipinski definition) is 1. The zero-order valence-corrected chi connectivity index (χ0v) is 12.0. The van der Waals surface area contributed by atoms with Crippen LogP contribution in [0, 0.1) is 30.0 Å². The van der Waals surface area contributed by atoms with Gasteiger partial charge in [-0.3, -0.25) is 4.79 Å². The van der Waals surface area contributed by atoms with Gasteiger partial charge in [0.15, 0.2) is 0 Å². The van der Waals surface area contributed by atoms with Crippen molar-refractivity contribution in [3.8, 4) is 6.07 Å². The third-order valence-electron chi connectivity index (χ3n) is 2.57. The molecule has 0 aliphatic heterocycles. The first-order valence-electron chi connectivity index (χ1n) is 5.52. The van der Waals surface area contributed by atoms with Gasteiger partial charge in [-0.15, -0.1) is 0 Å². The highest BCUT2D eigenvalue weighted by molar-refractivity contribution is 9.10. The molecule has 0 saturated heterocycles. The molecule has 0 aliphatic carbocycles. The quantitative estimate of drug-likeness (QED) is 0.870. The van der Waals surface area contributed by atoms with E-state index in [4.69, 9.17) is 5.26 Å². The molecule has 0 aliphatic rings. The lowest BCUT2D eigenvalue weighted by Gasteiger charge is -2.15. The highest BCUT2D eigenvalue weighted by Gasteiger charge is 2.20. The van der Waals surface area contributed by atoms with Crippen LogP contribution in [0.25, 0.3) is 0 Å². The Morgan fingerprint density at radius 1 is 1.50 bits per heavy atom. The number of rotatable bonds is 3. The third kappa shape index (κ3) is 3.30. The van der Waals surface area contributed by atoms with Crippen molar-refractivity contribution in [2.75, 3.05) is 5.32 Å². The number of halogens is 2. The summed E-state index contributed by atoms with van der Waals surface area (Å²) in [6.07, 6.45) is 0. The molecular formula is C13H14BrFN2O. The van der Waals surface area contributed by atoms with Crippen molar-refractivity contribution in [3.63, 3.8) is 0 Å². The standard InChI is InChI=1S/C13H14BrFN2O/c1-7(2)12(14)13(18)17-11-5-9(6-16)4-10(15)8(11)3/h4-5,7,12H,1-3H3,(H,17,18). The molecule has 0 spiro atoms. The molecule has 1 N–H and O–H groups in total. The first-order valence-corrected chi connectivity index (χ1v) is 6.43. The normalized spacial score (nSPS) is 12.1. The van der Waals surface area contributed by atoms with E-state index in [1.54, 1.807) is 6.92 Å². The summed E-state index contributed by atoms with van der Waals surface area (Å²) in [6, 6.07) is 4.48. The number of amides is 1. The Hall–Kier alpha value is -1.41. The van der Waals surface area contributed by atoms with Crippen LogP contribution in [0.2, 0.25) is 0 Å². The molecule has 0 saturated carbocycles. The summed E-state index contributed by atoms with van der Waals surface area (Å²) < 4.78 is 13.5. The third-order valence-corrected chi connectivity index (χ3v) is 4.04. The van der Waals surface area contributed by atoms with Gasteiger partial charge in [-0.25, -0.2) is 4.39 Å². The lowest BCUT2D eigenvalue weighted by molar-refractivity contribution is -0.116. The Bertz CT molecular complexity index is 508. The average Bonchev–Trinajstić information content (AvgIpc) is 2.33. The largest absolute Gasteiger partial charge is 0.325 e. The van der Waals surface area contributed by atoms with Crippen molar-refractivity contribution in [2.45, 2.75) is 25.6 Å². The molecule has 3 nitrogen and oxygen atoms in total. The second-order valence-electron chi connectivity index (χ2n) is 4.38. The van der Waals surface area contributed by atoms with E-state index in [1.807, 2.05) is 19.9 Å². The number of hydrogen-bond acceptors (Lipinski definition) is 2. The van der Waals surface area contributed by atoms with Crippen LogP contribution in [0.5, 0.6) is 0 Å². The Morgan fingerprint density at radius 3 is 2.61 bits per heavy atom. The monoisotopic (exact) mass is 312 g/mol. The number of benzene rings is 1. The van der Waals surface area contributed by atoms with E-state index in [0.717, 1.165) is 6.07 Å². The van der Waals surface area contributed by atoms with Crippen molar-refractivity contribution in [2.24, 2.45) is 5.92 Å². The topological polar surface area (TPSA) is 52.9 Å². The van der Waals surface area contributed by atoms with Gasteiger partial charge in [-0.2, -0.15) is 5.26 Å². The molecule has 1 rings (SSSR count). The highest BCUT2D eigenvalue weighted by Crippen LogP contribution is 2.22. The molecule has 1 aromatic rings. The van der Waals surface area contributed by atoms with E-state index in [1.165, 1.54) is 6.07 Å². The summed E-state index contributed by atoms with van der Waals surface area (Å²) in [5.74, 6) is -0.628. The fraction of sp³-hybridized carbons (Fsp3) is 0.385. The summed E-state index contributed by atoms with van der Waals surface area (Å²) in [7, 11) is 0. The van der Waals surface area contributed by atoms with Crippen LogP contribution in [-0.4, -0.2) is 10.7 Å². The van der Waals surface area contributed by atoms with Gasteiger partial charge in [0.25, 0.3) is 0 Å². The molecule has 1 amide bonds. The number of carbonyl (C=O) groups excluding carboxylic acids is 1. The van der Waals surface area contributed by atoms with Gasteiger partial charge in [-0.05, 0) is 25.0 Å². The van der Waals surface area contributed by atoms with Crippen molar-refractivity contribution >= 4 is 27.5 Å². The molecule has 0 heterocycles. The molecule has 0 bridgehead atoms. The summed E-state index contributed by atoms with van der Waals surface area (Å²) in [5, 5.41) is 11.4. The van der Waals surface area contributed by atoms with Crippen molar-refractivity contribution in [3.05, 3.63) is 29.1 Å². The van der Waals surface area contributed by atoms with Crippen LogP contribution in [-0.2, 0) is 4.79 Å². The second-order valence-corrected chi connectivity index (χ2v) is 5.36. The first kappa shape index (κ1) is 14.7. The number of nitrogens with zero attached hydrogens (tertiary/aromatic N) is 1. The first-order chi connectivity index (χ1) is 8.36. The van der Waals surface area contributed by atoms with Crippen LogP contribution >= 0.6 is 15.9 Å². The summed E-state index contributed by atoms with van der Waals surface area (Å²) in [4.78, 5) is 11.5. The van der Waals surface area contributed by atoms with E-state index in [0.29, 0.717) is 11.3 Å². The maximum atomic E-state index is 13.5. The van der Waals surface area contributed by atoms with Gasteiger partial charge in [0, 0.05) is 11.3 Å². The number of nitriles is 1. The Balaban J connectivity index is 3.01. The van der Waals surface area contributed by atoms with Crippen LogP contribution in [0.4, 0.5) is 10.1 Å². The molecule has 0 fully saturated rings. The van der Waals surface area contributed by atoms with E-state index in [-0.39, 0.29) is 22.2 Å². The zero-order valence-electron chi connectivity index (χ0n) is 10.4. The molecule has 1 atom stereocenters. The number of anilines is 1. The predicted octanol–water partition coefficient (Wildman–Crippen LogP) is 3.36. The Morgan fingerprint density at radius 2 is 2.11 bits per heavy atom. The van der Waals surface area contributed by atoms with Crippen LogP contribution < -0.4 is 5.32 Å². The predicted molar refractivity (Wildman–Crippen MR) is 72.0 cm³/mol. The maximum Gasteiger partial charge on any atom is 0.238 e. The molecule has 96 valence electrons. The molecule has 1 aromatic carbocycles. The van der Waals surface area contributed by atoms with Crippen molar-refractivity contribution in [1.82, 2.24) is 0 Å². The molecule has 5 heteroatoms. The van der Waals surface area contributed by atoms with Crippen LogP contribution in [0.1, 0.15) is 25.0 Å². The average molecular weight is 313 g/mol. The number of alkyl halides is 1. The van der Waals surface area contributed by atoms with Crippen LogP contribution in [0.15, 0.2) is 12.1 Å². The van der Waals surface area contributed by atoms with Gasteiger partial charge in [0.2, 0.25) is 5.91 Å². The highest BCUT2D eigenvalue weighted by atomic mass is 79.9. The lowest BCUT2D eigenvalue weighted by atomic mass is 10.1. The minimum atomic E-state index is -0.500. The lowest BCUT2D eigenvalue weighted by Crippen LogP contribution is -2.27. The van der Waals surface area contributed by atoms with Gasteiger partial charge < -0.3 is 5.32 Å². The van der Waals surface area contributed by atoms with Crippen LogP contribution in [0.3, 0.4) is 0 Å². The number of nitrogens with one attached hydrogen (secondary N) is 1. The van der Waals surface area contributed by atoms with Crippen molar-refractivity contribution < 1.29 is 9.18 Å². The van der Waals surface area contributed by atoms with E-state index in [2.05, 4.69) is 21.2 Å². The van der Waals surface area contributed by atoms with E-state index in [9.17, 15) is 9.18 Å². The van der Waals surface area contributed by atoms with E-state index >= 15 is 0 Å². The fourth-order valence-corrected chi connectivity index (χ4v) is 1.49. The molecule has 0 radical (unpaired) electrons. The van der Waals surface area contributed by atoms with Gasteiger partial charge in [0.1, 0.15) is 5.82 Å². The molecule has 18 heavy (non-hydrogen) atoms. The summed E-state index contributed by atoms with van der Waals surface area (Å²) in [6.45, 7) is 5.36. The Kier molecular flexibility index (Phi) is 4.85. The smallest absolute Gasteiger partial charge is 0.238 e. The summed E-state index contributed by atoms with van der Waals surface area (Å²) in [5.41, 5.74) is 0.844. The minimum Gasteiger partial charge on any atom is -0.325 e. The van der Waals surface area contributed by atoms with Gasteiger partial charge in [0.05, 0.1) is 16.5 Å². The Labute approximate surface area is 114 Å². The molecule has 1 unspecified atom stereocenters. The maximum absolute atomic E-state index is 13.5. The second kappa shape index (κ2) is 5.96. The van der Waals surface area contributed by atoms with Crippen molar-refractivity contribution in [1.29, 1.82) is 5.26 Å². The van der Waals surface area contributed by atoms with Gasteiger partial charge >= 0.3 is 0 Å². The van der Waals surface area contributed by atoms with E-state index < -0.39 is 5.82 Å².